The van der Waals surface area contributed by atoms with E-state index in [0.717, 1.165) is 31.0 Å². The highest BCUT2D eigenvalue weighted by Crippen LogP contribution is 2.19. The Balaban J connectivity index is 2.29. The third kappa shape index (κ3) is 2.64. The predicted molar refractivity (Wildman–Crippen MR) is 66.5 cm³/mol. The molecular formula is C13H16N2O2. The van der Waals surface area contributed by atoms with Crippen molar-refractivity contribution in [2.75, 3.05) is 18.0 Å². The van der Waals surface area contributed by atoms with Crippen molar-refractivity contribution < 1.29 is 9.90 Å². The number of pyridine rings is 1. The maximum Gasteiger partial charge on any atom is 0.335 e. The molecule has 1 aromatic heterocycles. The van der Waals surface area contributed by atoms with E-state index >= 15 is 0 Å². The molecule has 2 rings (SSSR count). The molecule has 17 heavy (non-hydrogen) atoms. The van der Waals surface area contributed by atoms with E-state index < -0.39 is 5.97 Å². The van der Waals surface area contributed by atoms with E-state index in [-0.39, 0.29) is 0 Å². The van der Waals surface area contributed by atoms with Crippen molar-refractivity contribution in [3.05, 3.63) is 35.0 Å². The van der Waals surface area contributed by atoms with Gasteiger partial charge in [-0.3, -0.25) is 0 Å². The lowest BCUT2D eigenvalue weighted by Gasteiger charge is -2.26. The first-order chi connectivity index (χ1) is 8.06. The molecule has 0 aromatic carbocycles. The summed E-state index contributed by atoms with van der Waals surface area (Å²) in [6.45, 7) is 5.64. The molecule has 2 heterocycles. The molecular weight excluding hydrogens is 216 g/mol. The van der Waals surface area contributed by atoms with E-state index in [1.165, 1.54) is 5.57 Å². The number of hydrogen-bond donors (Lipinski definition) is 1. The Bertz CT molecular complexity index is 480. The summed E-state index contributed by atoms with van der Waals surface area (Å²) >= 11 is 0. The minimum absolute atomic E-state index is 0.304. The Labute approximate surface area is 101 Å². The van der Waals surface area contributed by atoms with Gasteiger partial charge in [0.1, 0.15) is 5.82 Å². The summed E-state index contributed by atoms with van der Waals surface area (Å²) in [6.07, 6.45) is 3.17. The molecule has 4 heteroatoms. The zero-order chi connectivity index (χ0) is 12.4. The lowest BCUT2D eigenvalue weighted by atomic mass is 10.1. The van der Waals surface area contributed by atoms with Crippen LogP contribution in [-0.2, 0) is 0 Å². The van der Waals surface area contributed by atoms with Crippen LogP contribution in [0.4, 0.5) is 5.82 Å². The summed E-state index contributed by atoms with van der Waals surface area (Å²) in [4.78, 5) is 17.5. The quantitative estimate of drug-likeness (QED) is 0.794. The van der Waals surface area contributed by atoms with Crippen LogP contribution >= 0.6 is 0 Å². The van der Waals surface area contributed by atoms with Gasteiger partial charge in [-0.2, -0.15) is 0 Å². The number of carbonyl (C=O) groups is 1. The number of aryl methyl sites for hydroxylation is 1. The van der Waals surface area contributed by atoms with E-state index in [4.69, 9.17) is 5.11 Å². The summed E-state index contributed by atoms with van der Waals surface area (Å²) in [5.41, 5.74) is 2.43. The number of anilines is 1. The second kappa shape index (κ2) is 4.57. The lowest BCUT2D eigenvalue weighted by molar-refractivity contribution is 0.0696. The number of carboxylic acid groups (broad SMARTS) is 1. The van der Waals surface area contributed by atoms with Crippen LogP contribution in [0.25, 0.3) is 0 Å². The van der Waals surface area contributed by atoms with Crippen molar-refractivity contribution in [3.8, 4) is 0 Å². The molecule has 0 saturated heterocycles. The SMILES string of the molecule is CC1=CCN(c2cc(C(=O)O)cc(C)n2)CC1. The van der Waals surface area contributed by atoms with E-state index in [0.29, 0.717) is 5.56 Å². The zero-order valence-corrected chi connectivity index (χ0v) is 10.1. The van der Waals surface area contributed by atoms with E-state index in [1.807, 2.05) is 6.92 Å². The predicted octanol–water partition coefficient (Wildman–Crippen LogP) is 2.24. The third-order valence-electron chi connectivity index (χ3n) is 2.95. The highest BCUT2D eigenvalue weighted by molar-refractivity contribution is 5.88. The van der Waals surface area contributed by atoms with Gasteiger partial charge in [0.25, 0.3) is 0 Å². The second-order valence-electron chi connectivity index (χ2n) is 4.41. The number of carboxylic acids is 1. The fourth-order valence-electron chi connectivity index (χ4n) is 1.92. The van der Waals surface area contributed by atoms with E-state index in [2.05, 4.69) is 22.9 Å². The van der Waals surface area contributed by atoms with Gasteiger partial charge in [0, 0.05) is 18.8 Å². The molecule has 1 aliphatic rings. The van der Waals surface area contributed by atoms with E-state index in [1.54, 1.807) is 12.1 Å². The van der Waals surface area contributed by atoms with Gasteiger partial charge in [-0.1, -0.05) is 11.6 Å². The first-order valence-corrected chi connectivity index (χ1v) is 5.69. The van der Waals surface area contributed by atoms with Crippen LogP contribution in [0, 0.1) is 6.92 Å². The van der Waals surface area contributed by atoms with Crippen molar-refractivity contribution in [1.29, 1.82) is 0 Å². The Kier molecular flexibility index (Phi) is 3.13. The molecule has 0 radical (unpaired) electrons. The fraction of sp³-hybridized carbons (Fsp3) is 0.385. The normalized spacial score (nSPS) is 15.6. The van der Waals surface area contributed by atoms with Gasteiger partial charge in [0.05, 0.1) is 5.56 Å². The van der Waals surface area contributed by atoms with Crippen LogP contribution in [0.3, 0.4) is 0 Å². The molecule has 1 N–H and O–H groups in total. The van der Waals surface area contributed by atoms with Crippen molar-refractivity contribution >= 4 is 11.8 Å². The van der Waals surface area contributed by atoms with Crippen molar-refractivity contribution in [3.63, 3.8) is 0 Å². The number of hydrogen-bond acceptors (Lipinski definition) is 3. The van der Waals surface area contributed by atoms with Crippen LogP contribution in [0.2, 0.25) is 0 Å². The van der Waals surface area contributed by atoms with Gasteiger partial charge in [-0.05, 0) is 32.4 Å². The van der Waals surface area contributed by atoms with Crippen LogP contribution in [-0.4, -0.2) is 29.1 Å². The molecule has 90 valence electrons. The standard InChI is InChI=1S/C13H16N2O2/c1-9-3-5-15(6-4-9)12-8-11(13(16)17)7-10(2)14-12/h3,7-8H,4-6H2,1-2H3,(H,16,17). The van der Waals surface area contributed by atoms with Crippen LogP contribution in [0.1, 0.15) is 29.4 Å². The number of aromatic nitrogens is 1. The number of rotatable bonds is 2. The molecule has 0 bridgehead atoms. The zero-order valence-electron chi connectivity index (χ0n) is 10.1. The maximum atomic E-state index is 11.0. The number of aromatic carboxylic acids is 1. The highest BCUT2D eigenvalue weighted by atomic mass is 16.4. The Morgan fingerprint density at radius 1 is 1.41 bits per heavy atom. The molecule has 1 aliphatic heterocycles. The molecule has 0 saturated carbocycles. The molecule has 1 aromatic rings. The smallest absolute Gasteiger partial charge is 0.335 e. The van der Waals surface area contributed by atoms with Gasteiger partial charge in [0.15, 0.2) is 0 Å². The summed E-state index contributed by atoms with van der Waals surface area (Å²) in [5, 5.41) is 9.02. The first kappa shape index (κ1) is 11.6. The number of nitrogens with zero attached hydrogens (tertiary/aromatic N) is 2. The Hall–Kier alpha value is -1.84. The largest absolute Gasteiger partial charge is 0.478 e. The molecule has 4 nitrogen and oxygen atoms in total. The summed E-state index contributed by atoms with van der Waals surface area (Å²) in [6, 6.07) is 3.24. The molecule has 0 aliphatic carbocycles. The monoisotopic (exact) mass is 232 g/mol. The molecule has 0 spiro atoms. The van der Waals surface area contributed by atoms with Gasteiger partial charge < -0.3 is 10.0 Å². The van der Waals surface area contributed by atoms with Crippen molar-refractivity contribution in [2.45, 2.75) is 20.3 Å². The van der Waals surface area contributed by atoms with Gasteiger partial charge in [-0.15, -0.1) is 0 Å². The average molecular weight is 232 g/mol. The Morgan fingerprint density at radius 2 is 2.18 bits per heavy atom. The lowest BCUT2D eigenvalue weighted by Crippen LogP contribution is -2.29. The third-order valence-corrected chi connectivity index (χ3v) is 2.95. The average Bonchev–Trinajstić information content (AvgIpc) is 2.29. The minimum Gasteiger partial charge on any atom is -0.478 e. The summed E-state index contributed by atoms with van der Waals surface area (Å²) < 4.78 is 0. The maximum absolute atomic E-state index is 11.0. The van der Waals surface area contributed by atoms with Gasteiger partial charge in [-0.25, -0.2) is 9.78 Å². The Morgan fingerprint density at radius 3 is 2.76 bits per heavy atom. The highest BCUT2D eigenvalue weighted by Gasteiger charge is 2.14. The topological polar surface area (TPSA) is 53.4 Å². The van der Waals surface area contributed by atoms with Crippen molar-refractivity contribution in [2.24, 2.45) is 0 Å². The molecule has 0 atom stereocenters. The summed E-state index contributed by atoms with van der Waals surface area (Å²) in [7, 11) is 0. The summed E-state index contributed by atoms with van der Waals surface area (Å²) in [5.74, 6) is -0.147. The van der Waals surface area contributed by atoms with Crippen LogP contribution in [0.5, 0.6) is 0 Å². The minimum atomic E-state index is -0.902. The molecule has 0 unspecified atom stereocenters. The van der Waals surface area contributed by atoms with Crippen LogP contribution in [0.15, 0.2) is 23.8 Å². The molecule has 0 amide bonds. The van der Waals surface area contributed by atoms with Crippen LogP contribution < -0.4 is 4.90 Å². The van der Waals surface area contributed by atoms with E-state index in [9.17, 15) is 4.79 Å². The van der Waals surface area contributed by atoms with Gasteiger partial charge >= 0.3 is 5.97 Å². The second-order valence-corrected chi connectivity index (χ2v) is 4.41. The van der Waals surface area contributed by atoms with Gasteiger partial charge in [0.2, 0.25) is 0 Å². The first-order valence-electron chi connectivity index (χ1n) is 5.69. The molecule has 0 fully saturated rings. The fourth-order valence-corrected chi connectivity index (χ4v) is 1.92. The van der Waals surface area contributed by atoms with Crippen molar-refractivity contribution in [1.82, 2.24) is 4.98 Å².